The van der Waals surface area contributed by atoms with Crippen molar-refractivity contribution in [3.05, 3.63) is 35.9 Å². The molecule has 104 valence electrons. The molecule has 8 heteroatoms. The number of furan rings is 1. The minimum atomic E-state index is -3.57. The van der Waals surface area contributed by atoms with Crippen LogP contribution in [0.5, 0.6) is 0 Å². The number of rotatable bonds is 7. The highest BCUT2D eigenvalue weighted by atomic mass is 32.2. The lowest BCUT2D eigenvalue weighted by molar-refractivity contribution is 0.505. The first-order chi connectivity index (χ1) is 9.13. The highest BCUT2D eigenvalue weighted by Crippen LogP contribution is 2.11. The number of hydrogen-bond donors (Lipinski definition) is 3. The van der Waals surface area contributed by atoms with Crippen LogP contribution >= 0.6 is 0 Å². The number of H-pyrrole nitrogens is 1. The van der Waals surface area contributed by atoms with Gasteiger partial charge in [-0.1, -0.05) is 0 Å². The average molecular weight is 284 g/mol. The van der Waals surface area contributed by atoms with Crippen LogP contribution in [0.25, 0.3) is 0 Å². The minimum Gasteiger partial charge on any atom is -0.469 e. The van der Waals surface area contributed by atoms with Gasteiger partial charge in [0.1, 0.15) is 5.76 Å². The first kappa shape index (κ1) is 13.8. The number of aromatic amines is 1. The number of nitrogens with one attached hydrogen (secondary N) is 3. The fourth-order valence-electron chi connectivity index (χ4n) is 1.68. The Balaban J connectivity index is 1.99. The SMILES string of the molecule is CNCc1cn[nH]c1S(=O)(=O)NCCc1ccco1. The second-order valence-electron chi connectivity index (χ2n) is 3.98. The summed E-state index contributed by atoms with van der Waals surface area (Å²) in [6, 6.07) is 3.57. The molecule has 0 atom stereocenters. The molecule has 0 radical (unpaired) electrons. The summed E-state index contributed by atoms with van der Waals surface area (Å²) < 4.78 is 31.8. The molecule has 2 aromatic heterocycles. The van der Waals surface area contributed by atoms with E-state index in [0.29, 0.717) is 18.5 Å². The van der Waals surface area contributed by atoms with Gasteiger partial charge in [-0.15, -0.1) is 0 Å². The zero-order valence-corrected chi connectivity index (χ0v) is 11.3. The van der Waals surface area contributed by atoms with Crippen LogP contribution in [0.2, 0.25) is 0 Å². The smallest absolute Gasteiger partial charge is 0.257 e. The number of hydrogen-bond acceptors (Lipinski definition) is 5. The van der Waals surface area contributed by atoms with E-state index < -0.39 is 10.0 Å². The van der Waals surface area contributed by atoms with Gasteiger partial charge in [-0.25, -0.2) is 13.1 Å². The predicted molar refractivity (Wildman–Crippen MR) is 69.0 cm³/mol. The molecule has 0 fully saturated rings. The Labute approximate surface area is 111 Å². The standard InChI is InChI=1S/C11H16N4O3S/c1-12-7-9-8-13-15-11(9)19(16,17)14-5-4-10-3-2-6-18-10/h2-3,6,8,12,14H,4-5,7H2,1H3,(H,13,15). The Hall–Kier alpha value is -1.64. The van der Waals surface area contributed by atoms with Crippen molar-refractivity contribution in [2.75, 3.05) is 13.6 Å². The van der Waals surface area contributed by atoms with Crippen LogP contribution in [0.15, 0.2) is 34.0 Å². The quantitative estimate of drug-likeness (QED) is 0.676. The Bertz CT molecular complexity index is 604. The molecule has 3 N–H and O–H groups in total. The third kappa shape index (κ3) is 3.43. The molecule has 0 aromatic carbocycles. The molecule has 0 unspecified atom stereocenters. The summed E-state index contributed by atoms with van der Waals surface area (Å²) in [5.41, 5.74) is 0.605. The van der Waals surface area contributed by atoms with Crippen LogP contribution in [-0.4, -0.2) is 32.2 Å². The van der Waals surface area contributed by atoms with E-state index in [1.54, 1.807) is 25.4 Å². The summed E-state index contributed by atoms with van der Waals surface area (Å²) in [5, 5.41) is 9.27. The molecule has 0 spiro atoms. The molecule has 2 rings (SSSR count). The van der Waals surface area contributed by atoms with Crippen LogP contribution in [0, 0.1) is 0 Å². The van der Waals surface area contributed by atoms with Gasteiger partial charge in [-0.05, 0) is 19.2 Å². The Morgan fingerprint density at radius 1 is 1.47 bits per heavy atom. The second-order valence-corrected chi connectivity index (χ2v) is 5.69. The second kappa shape index (κ2) is 6.00. The van der Waals surface area contributed by atoms with E-state index in [0.717, 1.165) is 5.76 Å². The molecule has 2 heterocycles. The molecule has 0 saturated carbocycles. The lowest BCUT2D eigenvalue weighted by Gasteiger charge is -2.06. The van der Waals surface area contributed by atoms with Crippen molar-refractivity contribution in [1.29, 1.82) is 0 Å². The minimum absolute atomic E-state index is 0.0984. The van der Waals surface area contributed by atoms with E-state index in [4.69, 9.17) is 4.42 Å². The lowest BCUT2D eigenvalue weighted by Crippen LogP contribution is -2.27. The maximum atomic E-state index is 12.1. The molecule has 19 heavy (non-hydrogen) atoms. The third-order valence-corrected chi connectivity index (χ3v) is 4.03. The van der Waals surface area contributed by atoms with Gasteiger partial charge in [0.25, 0.3) is 10.0 Å². The van der Waals surface area contributed by atoms with Crippen LogP contribution in [-0.2, 0) is 23.0 Å². The van der Waals surface area contributed by atoms with Crippen molar-refractivity contribution >= 4 is 10.0 Å². The lowest BCUT2D eigenvalue weighted by atomic mass is 10.3. The van der Waals surface area contributed by atoms with Crippen LogP contribution in [0.4, 0.5) is 0 Å². The average Bonchev–Trinajstić information content (AvgIpc) is 3.00. The van der Waals surface area contributed by atoms with Crippen molar-refractivity contribution in [3.63, 3.8) is 0 Å². The molecule has 0 saturated heterocycles. The number of aromatic nitrogens is 2. The van der Waals surface area contributed by atoms with Crippen molar-refractivity contribution in [3.8, 4) is 0 Å². The Kier molecular flexibility index (Phi) is 4.35. The van der Waals surface area contributed by atoms with E-state index in [1.165, 1.54) is 6.20 Å². The molecular formula is C11H16N4O3S. The molecule has 0 aliphatic heterocycles. The van der Waals surface area contributed by atoms with E-state index in [1.807, 2.05) is 0 Å². The van der Waals surface area contributed by atoms with Gasteiger partial charge >= 0.3 is 0 Å². The maximum Gasteiger partial charge on any atom is 0.257 e. The first-order valence-corrected chi connectivity index (χ1v) is 7.30. The largest absolute Gasteiger partial charge is 0.469 e. The van der Waals surface area contributed by atoms with Gasteiger partial charge in [0.15, 0.2) is 5.03 Å². The predicted octanol–water partition coefficient (Wildman–Crippen LogP) is 0.243. The fourth-order valence-corrected chi connectivity index (χ4v) is 2.84. The van der Waals surface area contributed by atoms with E-state index >= 15 is 0 Å². The summed E-state index contributed by atoms with van der Waals surface area (Å²) in [5.74, 6) is 0.739. The van der Waals surface area contributed by atoms with E-state index in [9.17, 15) is 8.42 Å². The fraction of sp³-hybridized carbons (Fsp3) is 0.364. The molecule has 7 nitrogen and oxygen atoms in total. The highest BCUT2D eigenvalue weighted by Gasteiger charge is 2.19. The zero-order valence-electron chi connectivity index (χ0n) is 10.5. The molecule has 0 amide bonds. The van der Waals surface area contributed by atoms with Crippen molar-refractivity contribution in [2.45, 2.75) is 18.0 Å². The number of nitrogens with zero attached hydrogens (tertiary/aromatic N) is 1. The molecule has 2 aromatic rings. The van der Waals surface area contributed by atoms with Crippen LogP contribution in [0.1, 0.15) is 11.3 Å². The monoisotopic (exact) mass is 284 g/mol. The first-order valence-electron chi connectivity index (χ1n) is 5.82. The van der Waals surface area contributed by atoms with Gasteiger partial charge < -0.3 is 9.73 Å². The summed E-state index contributed by atoms with van der Waals surface area (Å²) in [6.07, 6.45) is 3.56. The zero-order chi connectivity index (χ0) is 13.7. The van der Waals surface area contributed by atoms with Gasteiger partial charge in [0.05, 0.1) is 12.5 Å². The molecular weight excluding hydrogens is 268 g/mol. The Morgan fingerprint density at radius 3 is 3.00 bits per heavy atom. The van der Waals surface area contributed by atoms with Crippen molar-refractivity contribution in [1.82, 2.24) is 20.2 Å². The summed E-state index contributed by atoms with van der Waals surface area (Å²) in [6.45, 7) is 0.707. The highest BCUT2D eigenvalue weighted by molar-refractivity contribution is 7.89. The van der Waals surface area contributed by atoms with Gasteiger partial charge in [-0.2, -0.15) is 5.10 Å². The van der Waals surface area contributed by atoms with Gasteiger partial charge in [0, 0.05) is 25.1 Å². The van der Waals surface area contributed by atoms with E-state index in [-0.39, 0.29) is 11.6 Å². The number of sulfonamides is 1. The topological polar surface area (TPSA) is 100 Å². The maximum absolute atomic E-state index is 12.1. The van der Waals surface area contributed by atoms with Crippen molar-refractivity contribution in [2.24, 2.45) is 0 Å². The normalized spacial score (nSPS) is 11.8. The summed E-state index contributed by atoms with van der Waals surface area (Å²) in [7, 11) is -1.83. The van der Waals surface area contributed by atoms with Crippen LogP contribution < -0.4 is 10.0 Å². The molecule has 0 bridgehead atoms. The van der Waals surface area contributed by atoms with Crippen LogP contribution in [0.3, 0.4) is 0 Å². The summed E-state index contributed by atoms with van der Waals surface area (Å²) >= 11 is 0. The third-order valence-electron chi connectivity index (χ3n) is 2.56. The van der Waals surface area contributed by atoms with Gasteiger partial charge in [-0.3, -0.25) is 5.10 Å². The van der Waals surface area contributed by atoms with Gasteiger partial charge in [0.2, 0.25) is 0 Å². The molecule has 0 aliphatic rings. The molecule has 0 aliphatic carbocycles. The summed E-state index contributed by atoms with van der Waals surface area (Å²) in [4.78, 5) is 0. The van der Waals surface area contributed by atoms with Crippen molar-refractivity contribution < 1.29 is 12.8 Å². The van der Waals surface area contributed by atoms with E-state index in [2.05, 4.69) is 20.2 Å². The Morgan fingerprint density at radius 2 is 2.32 bits per heavy atom.